The Hall–Kier alpha value is 0.944. The maximum atomic E-state index is 11.1. The molecule has 0 bridgehead atoms. The Balaban J connectivity index is 0.000000673. The van der Waals surface area contributed by atoms with E-state index in [-0.39, 0.29) is 0 Å². The first kappa shape index (κ1) is 16.9. The summed E-state index contributed by atoms with van der Waals surface area (Å²) in [4.78, 5) is 21.7. The van der Waals surface area contributed by atoms with Crippen LogP contribution in [0.25, 0.3) is 0 Å². The van der Waals surface area contributed by atoms with Crippen LogP contribution in [-0.4, -0.2) is 28.9 Å². The zero-order valence-corrected chi connectivity index (χ0v) is 14.6. The molecule has 0 radical (unpaired) electrons. The summed E-state index contributed by atoms with van der Waals surface area (Å²) in [6.45, 7) is 4.55. The van der Waals surface area contributed by atoms with E-state index in [4.69, 9.17) is 14.6 Å². The summed E-state index contributed by atoms with van der Waals surface area (Å²) in [5, 5.41) is 8.64. The Morgan fingerprint density at radius 1 is 1.56 bits per heavy atom. The van der Waals surface area contributed by atoms with E-state index in [1.165, 1.54) is 6.92 Å². The fraction of sp³-hybridized carbons (Fsp3) is 0.750. The van der Waals surface area contributed by atoms with E-state index < -0.39 is 29.7 Å². The SMILES string of the molecule is CC(C(=O)O)C1OC(C)(C)OC1=O.[I][V][I]. The number of hydrogen-bond donors (Lipinski definition) is 1. The second-order valence-electron chi connectivity index (χ2n) is 3.55. The fourth-order valence-electron chi connectivity index (χ4n) is 1.11. The molecule has 5 nitrogen and oxygen atoms in total. The van der Waals surface area contributed by atoms with Crippen LogP contribution in [0.5, 0.6) is 0 Å². The van der Waals surface area contributed by atoms with Crippen LogP contribution in [0.4, 0.5) is 0 Å². The van der Waals surface area contributed by atoms with Gasteiger partial charge in [-0.3, -0.25) is 4.79 Å². The number of ether oxygens (including phenoxy) is 2. The van der Waals surface area contributed by atoms with Crippen LogP contribution in [-0.2, 0) is 28.5 Å². The van der Waals surface area contributed by atoms with Crippen molar-refractivity contribution in [2.45, 2.75) is 32.7 Å². The van der Waals surface area contributed by atoms with Crippen molar-refractivity contribution in [2.75, 3.05) is 0 Å². The molecule has 8 heteroatoms. The van der Waals surface area contributed by atoms with Gasteiger partial charge in [0.2, 0.25) is 5.79 Å². The van der Waals surface area contributed by atoms with Gasteiger partial charge >= 0.3 is 61.4 Å². The molecule has 93 valence electrons. The summed E-state index contributed by atoms with van der Waals surface area (Å²) in [6, 6.07) is 0. The molecule has 1 fully saturated rings. The fourth-order valence-corrected chi connectivity index (χ4v) is 1.11. The number of aliphatic carboxylic acids is 1. The first-order chi connectivity index (χ1) is 7.25. The van der Waals surface area contributed by atoms with Crippen LogP contribution < -0.4 is 0 Å². The summed E-state index contributed by atoms with van der Waals surface area (Å²) in [5.41, 5.74) is 0. The summed E-state index contributed by atoms with van der Waals surface area (Å²) in [6.07, 6.45) is -0.993. The van der Waals surface area contributed by atoms with Gasteiger partial charge < -0.3 is 14.6 Å². The second kappa shape index (κ2) is 7.39. The van der Waals surface area contributed by atoms with Crippen molar-refractivity contribution >= 4 is 51.9 Å². The van der Waals surface area contributed by atoms with E-state index in [0.717, 1.165) is 0 Å². The standard InChI is InChI=1S/C8H12O5.2HI.V/c1-4(6(9)10)5-7(11)13-8(2,3)12-5;;;/h4-5H,1-3H3,(H,9,10);2*1H;/q;;;+2/p-2. The molecule has 0 amide bonds. The molecule has 1 saturated heterocycles. The van der Waals surface area contributed by atoms with E-state index >= 15 is 0 Å². The van der Waals surface area contributed by atoms with Gasteiger partial charge in [-0.1, -0.05) is 0 Å². The molecule has 0 aliphatic carbocycles. The predicted octanol–water partition coefficient (Wildman–Crippen LogP) is 2.15. The molecule has 16 heavy (non-hydrogen) atoms. The van der Waals surface area contributed by atoms with Gasteiger partial charge in [-0.2, -0.15) is 0 Å². The van der Waals surface area contributed by atoms with Gasteiger partial charge in [-0.05, 0) is 6.92 Å². The van der Waals surface area contributed by atoms with E-state index in [9.17, 15) is 9.59 Å². The third-order valence-electron chi connectivity index (χ3n) is 1.83. The summed E-state index contributed by atoms with van der Waals surface area (Å²) < 4.78 is 9.94. The molecule has 0 aromatic heterocycles. The van der Waals surface area contributed by atoms with E-state index in [0.29, 0.717) is 9.47 Å². The molecule has 1 heterocycles. The average Bonchev–Trinajstić information content (AvgIpc) is 2.39. The Morgan fingerprint density at radius 2 is 2.00 bits per heavy atom. The van der Waals surface area contributed by atoms with Crippen LogP contribution in [0.3, 0.4) is 0 Å². The minimum atomic E-state index is -1.07. The number of carboxylic acid groups (broad SMARTS) is 1. The van der Waals surface area contributed by atoms with Crippen LogP contribution in [0, 0.1) is 5.92 Å². The van der Waals surface area contributed by atoms with Crippen molar-refractivity contribution in [2.24, 2.45) is 5.92 Å². The molecule has 0 aromatic carbocycles. The Kier molecular flexibility index (Phi) is 7.83. The first-order valence-corrected chi connectivity index (χ1v) is 13.3. The maximum absolute atomic E-state index is 11.1. The second-order valence-corrected chi connectivity index (χ2v) is 15.3. The number of halogens is 2. The zero-order valence-electron chi connectivity index (χ0n) is 8.94. The number of carbonyl (C=O) groups is 2. The summed E-state index contributed by atoms with van der Waals surface area (Å²) in [7, 11) is 0.628. The number of carboxylic acids is 1. The average molecular weight is 493 g/mol. The van der Waals surface area contributed by atoms with Crippen molar-refractivity contribution < 1.29 is 33.6 Å². The summed E-state index contributed by atoms with van der Waals surface area (Å²) >= 11 is 4.74. The normalized spacial score (nSPS) is 23.8. The van der Waals surface area contributed by atoms with Crippen molar-refractivity contribution in [1.29, 1.82) is 0 Å². The van der Waals surface area contributed by atoms with Gasteiger partial charge in [0.15, 0.2) is 6.10 Å². The topological polar surface area (TPSA) is 72.8 Å². The molecular formula is C8H12I2O5V. The molecule has 0 aromatic rings. The third-order valence-corrected chi connectivity index (χ3v) is 1.83. The number of esters is 1. The van der Waals surface area contributed by atoms with Gasteiger partial charge in [0.25, 0.3) is 0 Å². The minimum absolute atomic E-state index is 0.611. The van der Waals surface area contributed by atoms with Crippen molar-refractivity contribution in [3.63, 3.8) is 0 Å². The Morgan fingerprint density at radius 3 is 2.25 bits per heavy atom. The van der Waals surface area contributed by atoms with Gasteiger partial charge in [0.1, 0.15) is 0 Å². The molecule has 1 N–H and O–H groups in total. The van der Waals surface area contributed by atoms with Gasteiger partial charge in [-0.25, -0.2) is 4.79 Å². The molecule has 1 aliphatic rings. The number of cyclic esters (lactones) is 1. The zero-order chi connectivity index (χ0) is 12.9. The molecule has 0 saturated carbocycles. The van der Waals surface area contributed by atoms with E-state index in [1.54, 1.807) is 13.8 Å². The summed E-state index contributed by atoms with van der Waals surface area (Å²) in [5.74, 6) is -3.57. The molecule has 1 rings (SSSR count). The van der Waals surface area contributed by atoms with Gasteiger partial charge in [-0.15, -0.1) is 0 Å². The van der Waals surface area contributed by atoms with Crippen LogP contribution in [0.2, 0.25) is 0 Å². The first-order valence-electron chi connectivity index (χ1n) is 4.31. The van der Waals surface area contributed by atoms with Crippen LogP contribution in [0.15, 0.2) is 0 Å². The number of carbonyl (C=O) groups excluding carboxylic acids is 1. The Labute approximate surface area is 123 Å². The van der Waals surface area contributed by atoms with E-state index in [2.05, 4.69) is 40.0 Å². The molecule has 2 unspecified atom stereocenters. The molecule has 0 spiro atoms. The van der Waals surface area contributed by atoms with E-state index in [1.807, 2.05) is 0 Å². The van der Waals surface area contributed by atoms with Gasteiger partial charge in [0, 0.05) is 13.8 Å². The van der Waals surface area contributed by atoms with Crippen molar-refractivity contribution in [3.05, 3.63) is 0 Å². The quantitative estimate of drug-likeness (QED) is 0.472. The van der Waals surface area contributed by atoms with Crippen molar-refractivity contribution in [3.8, 4) is 0 Å². The van der Waals surface area contributed by atoms with Crippen LogP contribution >= 0.6 is 40.0 Å². The molecule has 1 aliphatic heterocycles. The Bertz CT molecular complexity index is 271. The van der Waals surface area contributed by atoms with Crippen LogP contribution in [0.1, 0.15) is 20.8 Å². The molecule has 2 atom stereocenters. The third kappa shape index (κ3) is 5.52. The predicted molar refractivity (Wildman–Crippen MR) is 69.9 cm³/mol. The van der Waals surface area contributed by atoms with Gasteiger partial charge in [0.05, 0.1) is 5.92 Å². The van der Waals surface area contributed by atoms with Crippen molar-refractivity contribution in [1.82, 2.24) is 0 Å². The number of rotatable bonds is 2. The molecular weight excluding hydrogens is 481 g/mol. The monoisotopic (exact) mass is 493 g/mol. The number of hydrogen-bond acceptors (Lipinski definition) is 4.